The third kappa shape index (κ3) is 4.23. The maximum absolute atomic E-state index is 11.7. The Morgan fingerprint density at radius 1 is 1.35 bits per heavy atom. The van der Waals surface area contributed by atoms with Crippen molar-refractivity contribution in [2.24, 2.45) is 5.73 Å². The van der Waals surface area contributed by atoms with Gasteiger partial charge in [0.25, 0.3) is 0 Å². The normalized spacial score (nSPS) is 9.65. The number of amides is 1. The first-order valence-electron chi connectivity index (χ1n) is 6.19. The summed E-state index contributed by atoms with van der Waals surface area (Å²) < 4.78 is 1.62. The molecule has 0 aliphatic heterocycles. The number of hydrogen-bond donors (Lipinski definition) is 2. The number of hydrogen-bond acceptors (Lipinski definition) is 4. The summed E-state index contributed by atoms with van der Waals surface area (Å²) in [7, 11) is 0. The molecule has 1 heterocycles. The summed E-state index contributed by atoms with van der Waals surface area (Å²) in [6.45, 7) is 0.840. The molecule has 20 heavy (non-hydrogen) atoms. The van der Waals surface area contributed by atoms with Gasteiger partial charge in [-0.1, -0.05) is 11.8 Å². The Balaban J connectivity index is 1.84. The minimum atomic E-state index is -0.0682. The molecule has 102 valence electrons. The second-order valence-corrected chi connectivity index (χ2v) is 4.04. The zero-order valence-electron chi connectivity index (χ0n) is 10.9. The molecule has 6 nitrogen and oxygen atoms in total. The highest BCUT2D eigenvalue weighted by molar-refractivity contribution is 5.90. The summed E-state index contributed by atoms with van der Waals surface area (Å²) in [6, 6.07) is 7.31. The fraction of sp³-hybridized carbons (Fsp3) is 0.214. The topological polar surface area (TPSA) is 85.8 Å². The number of carbonyl (C=O) groups excluding carboxylic acids is 1. The summed E-state index contributed by atoms with van der Waals surface area (Å²) in [5.41, 5.74) is 6.92. The number of aryl methyl sites for hydroxylation is 1. The van der Waals surface area contributed by atoms with E-state index in [1.165, 1.54) is 6.33 Å². The Bertz CT molecular complexity index is 607. The average Bonchev–Trinajstić information content (AvgIpc) is 2.98. The predicted molar refractivity (Wildman–Crippen MR) is 75.6 cm³/mol. The van der Waals surface area contributed by atoms with Crippen LogP contribution < -0.4 is 11.1 Å². The Hall–Kier alpha value is -2.65. The molecule has 1 aromatic carbocycles. The molecule has 0 saturated carbocycles. The van der Waals surface area contributed by atoms with Crippen LogP contribution in [0.1, 0.15) is 12.0 Å². The van der Waals surface area contributed by atoms with Crippen molar-refractivity contribution >= 4 is 11.6 Å². The number of carbonyl (C=O) groups is 1. The fourth-order valence-electron chi connectivity index (χ4n) is 1.58. The lowest BCUT2D eigenvalue weighted by atomic mass is 10.2. The van der Waals surface area contributed by atoms with Gasteiger partial charge in [0.05, 0.1) is 13.1 Å². The Kier molecular flexibility index (Phi) is 4.87. The number of aromatic nitrogens is 3. The molecule has 0 atom stereocenters. The largest absolute Gasteiger partial charge is 0.326 e. The molecule has 2 rings (SSSR count). The van der Waals surface area contributed by atoms with E-state index in [0.717, 1.165) is 11.3 Å². The molecule has 0 fully saturated rings. The number of anilines is 1. The van der Waals surface area contributed by atoms with Gasteiger partial charge < -0.3 is 11.1 Å². The zero-order chi connectivity index (χ0) is 14.2. The first kappa shape index (κ1) is 13.8. The molecule has 0 spiro atoms. The van der Waals surface area contributed by atoms with E-state index in [1.807, 2.05) is 24.3 Å². The molecule has 0 bridgehead atoms. The van der Waals surface area contributed by atoms with Crippen molar-refractivity contribution in [1.82, 2.24) is 14.8 Å². The molecule has 0 aliphatic carbocycles. The molecule has 0 saturated heterocycles. The van der Waals surface area contributed by atoms with Crippen molar-refractivity contribution in [1.29, 1.82) is 0 Å². The van der Waals surface area contributed by atoms with E-state index in [0.29, 0.717) is 19.5 Å². The van der Waals surface area contributed by atoms with Gasteiger partial charge in [-0.05, 0) is 24.3 Å². The number of rotatable bonds is 4. The van der Waals surface area contributed by atoms with E-state index < -0.39 is 0 Å². The van der Waals surface area contributed by atoms with E-state index in [-0.39, 0.29) is 5.91 Å². The second kappa shape index (κ2) is 7.07. The van der Waals surface area contributed by atoms with Crippen molar-refractivity contribution in [3.63, 3.8) is 0 Å². The quantitative estimate of drug-likeness (QED) is 0.797. The van der Waals surface area contributed by atoms with Crippen LogP contribution in [0.4, 0.5) is 5.69 Å². The van der Waals surface area contributed by atoms with Gasteiger partial charge in [-0.3, -0.25) is 9.48 Å². The summed E-state index contributed by atoms with van der Waals surface area (Å²) in [5, 5.41) is 6.75. The van der Waals surface area contributed by atoms with Gasteiger partial charge in [-0.15, -0.1) is 0 Å². The van der Waals surface area contributed by atoms with Crippen LogP contribution in [0.25, 0.3) is 0 Å². The first-order chi connectivity index (χ1) is 9.78. The number of nitrogens with zero attached hydrogens (tertiary/aromatic N) is 3. The van der Waals surface area contributed by atoms with Gasteiger partial charge in [-0.25, -0.2) is 4.98 Å². The molecular weight excluding hydrogens is 254 g/mol. The molecule has 1 aromatic heterocycles. The van der Waals surface area contributed by atoms with Gasteiger partial charge in [0, 0.05) is 17.7 Å². The third-order valence-electron chi connectivity index (χ3n) is 2.54. The van der Waals surface area contributed by atoms with Crippen molar-refractivity contribution in [3.8, 4) is 11.8 Å². The molecule has 2 aromatic rings. The molecule has 0 unspecified atom stereocenters. The average molecular weight is 269 g/mol. The van der Waals surface area contributed by atoms with Gasteiger partial charge in [0.15, 0.2) is 0 Å². The molecular formula is C14H15N5O. The lowest BCUT2D eigenvalue weighted by Crippen LogP contribution is -2.14. The minimum absolute atomic E-state index is 0.0682. The van der Waals surface area contributed by atoms with Crippen molar-refractivity contribution in [2.75, 3.05) is 11.9 Å². The summed E-state index contributed by atoms with van der Waals surface area (Å²) in [4.78, 5) is 15.6. The van der Waals surface area contributed by atoms with Gasteiger partial charge in [-0.2, -0.15) is 5.10 Å². The molecule has 0 aliphatic rings. The highest BCUT2D eigenvalue weighted by Crippen LogP contribution is 2.09. The SMILES string of the molecule is NCC#Cc1ccc(NC(=O)CCn2cncn2)cc1. The standard InChI is InChI=1S/C14H15N5O/c15-8-1-2-12-3-5-13(6-4-12)18-14(20)7-9-19-11-16-10-17-19/h3-6,10-11H,7-9,15H2,(H,18,20). The van der Waals surface area contributed by atoms with E-state index in [4.69, 9.17) is 5.73 Å². The van der Waals surface area contributed by atoms with E-state index in [9.17, 15) is 4.79 Å². The van der Waals surface area contributed by atoms with E-state index in [1.54, 1.807) is 11.0 Å². The Morgan fingerprint density at radius 2 is 2.15 bits per heavy atom. The van der Waals surface area contributed by atoms with Gasteiger partial charge in [0.1, 0.15) is 12.7 Å². The summed E-state index contributed by atoms with van der Waals surface area (Å²) >= 11 is 0. The fourth-order valence-corrected chi connectivity index (χ4v) is 1.58. The van der Waals surface area contributed by atoms with Gasteiger partial charge in [0.2, 0.25) is 5.91 Å². The first-order valence-corrected chi connectivity index (χ1v) is 6.19. The molecule has 0 radical (unpaired) electrons. The lowest BCUT2D eigenvalue weighted by molar-refractivity contribution is -0.116. The Labute approximate surface area is 117 Å². The van der Waals surface area contributed by atoms with Crippen LogP contribution in [-0.2, 0) is 11.3 Å². The third-order valence-corrected chi connectivity index (χ3v) is 2.54. The monoisotopic (exact) mass is 269 g/mol. The minimum Gasteiger partial charge on any atom is -0.326 e. The summed E-state index contributed by atoms with van der Waals surface area (Å²) in [6.07, 6.45) is 3.37. The van der Waals surface area contributed by atoms with Crippen LogP contribution in [0, 0.1) is 11.8 Å². The second-order valence-electron chi connectivity index (χ2n) is 4.04. The highest BCUT2D eigenvalue weighted by Gasteiger charge is 2.03. The van der Waals surface area contributed by atoms with Crippen LogP contribution in [0.2, 0.25) is 0 Å². The molecule has 6 heteroatoms. The van der Waals surface area contributed by atoms with Crippen LogP contribution in [0.5, 0.6) is 0 Å². The van der Waals surface area contributed by atoms with Gasteiger partial charge >= 0.3 is 0 Å². The summed E-state index contributed by atoms with van der Waals surface area (Å²) in [5.74, 6) is 5.63. The Morgan fingerprint density at radius 3 is 2.80 bits per heavy atom. The van der Waals surface area contributed by atoms with E-state index in [2.05, 4.69) is 27.2 Å². The van der Waals surface area contributed by atoms with Crippen LogP contribution in [-0.4, -0.2) is 27.2 Å². The van der Waals surface area contributed by atoms with Crippen molar-refractivity contribution in [3.05, 3.63) is 42.5 Å². The van der Waals surface area contributed by atoms with Crippen LogP contribution in [0.3, 0.4) is 0 Å². The predicted octanol–water partition coefficient (Wildman–Crippen LogP) is 0.617. The molecule has 1 amide bonds. The van der Waals surface area contributed by atoms with E-state index >= 15 is 0 Å². The maximum Gasteiger partial charge on any atom is 0.226 e. The smallest absolute Gasteiger partial charge is 0.226 e. The highest BCUT2D eigenvalue weighted by atomic mass is 16.1. The zero-order valence-corrected chi connectivity index (χ0v) is 10.9. The number of nitrogens with two attached hydrogens (primary N) is 1. The lowest BCUT2D eigenvalue weighted by Gasteiger charge is -2.05. The van der Waals surface area contributed by atoms with Crippen LogP contribution in [0.15, 0.2) is 36.9 Å². The number of benzene rings is 1. The van der Waals surface area contributed by atoms with Crippen molar-refractivity contribution in [2.45, 2.75) is 13.0 Å². The number of nitrogens with one attached hydrogen (secondary N) is 1. The van der Waals surface area contributed by atoms with Crippen molar-refractivity contribution < 1.29 is 4.79 Å². The van der Waals surface area contributed by atoms with Crippen LogP contribution >= 0.6 is 0 Å². The molecule has 3 N–H and O–H groups in total. The maximum atomic E-state index is 11.7.